The number of aromatic nitrogens is 4. The summed E-state index contributed by atoms with van der Waals surface area (Å²) in [6, 6.07) is 5.55. The highest BCUT2D eigenvalue weighted by Crippen LogP contribution is 2.27. The second kappa shape index (κ2) is 7.52. The van der Waals surface area contributed by atoms with Gasteiger partial charge >= 0.3 is 6.09 Å². The Morgan fingerprint density at radius 1 is 1.42 bits per heavy atom. The second-order valence-electron chi connectivity index (χ2n) is 5.46. The van der Waals surface area contributed by atoms with Crippen LogP contribution in [0.2, 0.25) is 0 Å². The number of amides is 1. The van der Waals surface area contributed by atoms with Gasteiger partial charge in [-0.2, -0.15) is 9.78 Å². The number of ether oxygens (including phenoxy) is 1. The van der Waals surface area contributed by atoms with E-state index < -0.39 is 6.09 Å². The molecule has 0 bridgehead atoms. The molecule has 3 rings (SSSR count). The molecule has 0 aromatic carbocycles. The third-order valence-electron chi connectivity index (χ3n) is 3.75. The van der Waals surface area contributed by atoms with E-state index in [2.05, 4.69) is 20.4 Å². The highest BCUT2D eigenvalue weighted by molar-refractivity contribution is 7.13. The maximum absolute atomic E-state index is 12.3. The molecule has 3 heterocycles. The van der Waals surface area contributed by atoms with Gasteiger partial charge in [-0.25, -0.2) is 9.78 Å². The van der Waals surface area contributed by atoms with Gasteiger partial charge in [-0.15, -0.1) is 11.3 Å². The van der Waals surface area contributed by atoms with E-state index in [4.69, 9.17) is 4.74 Å². The molecule has 0 aliphatic heterocycles. The molecule has 0 spiro atoms. The van der Waals surface area contributed by atoms with Crippen molar-refractivity contribution in [3.05, 3.63) is 45.2 Å². The number of rotatable bonds is 5. The number of carbonyl (C=O) groups excluding carboxylic acids is 1. The van der Waals surface area contributed by atoms with Crippen LogP contribution in [-0.4, -0.2) is 32.4 Å². The Labute approximate surface area is 153 Å². The van der Waals surface area contributed by atoms with Crippen LogP contribution in [0.4, 0.5) is 10.6 Å². The summed E-state index contributed by atoms with van der Waals surface area (Å²) in [4.78, 5) is 32.3. The number of hydrogen-bond donors (Lipinski definition) is 2. The van der Waals surface area contributed by atoms with E-state index in [1.807, 2.05) is 24.4 Å². The SMILES string of the molecule is CCOC(=O)Nc1cc(-c2cccs2)nn1-c1nc(C)c(CC)c(=O)[nH]1. The van der Waals surface area contributed by atoms with Crippen molar-refractivity contribution in [2.24, 2.45) is 0 Å². The van der Waals surface area contributed by atoms with Crippen LogP contribution in [0, 0.1) is 6.92 Å². The van der Waals surface area contributed by atoms with E-state index in [0.717, 1.165) is 4.88 Å². The van der Waals surface area contributed by atoms with E-state index in [-0.39, 0.29) is 18.1 Å². The summed E-state index contributed by atoms with van der Waals surface area (Å²) in [6.45, 7) is 5.64. The van der Waals surface area contributed by atoms with Crippen LogP contribution in [0.1, 0.15) is 25.1 Å². The van der Waals surface area contributed by atoms with Crippen LogP contribution in [0.25, 0.3) is 16.5 Å². The van der Waals surface area contributed by atoms with E-state index >= 15 is 0 Å². The van der Waals surface area contributed by atoms with Crippen molar-refractivity contribution >= 4 is 23.2 Å². The first-order valence-electron chi connectivity index (χ1n) is 8.21. The molecule has 9 heteroatoms. The summed E-state index contributed by atoms with van der Waals surface area (Å²) >= 11 is 1.52. The molecule has 1 amide bonds. The van der Waals surface area contributed by atoms with Crippen LogP contribution < -0.4 is 10.9 Å². The molecule has 2 N–H and O–H groups in total. The minimum Gasteiger partial charge on any atom is -0.450 e. The van der Waals surface area contributed by atoms with E-state index in [0.29, 0.717) is 29.2 Å². The highest BCUT2D eigenvalue weighted by Gasteiger charge is 2.17. The van der Waals surface area contributed by atoms with Gasteiger partial charge in [0, 0.05) is 17.3 Å². The molecule has 0 aliphatic carbocycles. The van der Waals surface area contributed by atoms with Crippen LogP contribution in [0.5, 0.6) is 0 Å². The Balaban J connectivity index is 2.10. The van der Waals surface area contributed by atoms with Gasteiger partial charge in [-0.05, 0) is 31.7 Å². The summed E-state index contributed by atoms with van der Waals surface area (Å²) in [5, 5.41) is 9.08. The third-order valence-corrected chi connectivity index (χ3v) is 4.64. The van der Waals surface area contributed by atoms with Crippen LogP contribution in [0.3, 0.4) is 0 Å². The molecule has 0 radical (unpaired) electrons. The number of nitrogens with zero attached hydrogens (tertiary/aromatic N) is 3. The first-order valence-corrected chi connectivity index (χ1v) is 9.09. The van der Waals surface area contributed by atoms with Crippen molar-refractivity contribution in [3.63, 3.8) is 0 Å². The number of H-pyrrole nitrogens is 1. The Morgan fingerprint density at radius 3 is 2.85 bits per heavy atom. The van der Waals surface area contributed by atoms with E-state index in [1.165, 1.54) is 16.0 Å². The summed E-state index contributed by atoms with van der Waals surface area (Å²) in [6.07, 6.45) is -0.0160. The van der Waals surface area contributed by atoms with Crippen LogP contribution >= 0.6 is 11.3 Å². The third kappa shape index (κ3) is 3.52. The Bertz CT molecular complexity index is 975. The van der Waals surface area contributed by atoms with Gasteiger partial charge in [-0.3, -0.25) is 15.1 Å². The number of aryl methyl sites for hydroxylation is 1. The van der Waals surface area contributed by atoms with Gasteiger partial charge in [0.25, 0.3) is 5.56 Å². The van der Waals surface area contributed by atoms with Crippen molar-refractivity contribution in [3.8, 4) is 16.5 Å². The maximum atomic E-state index is 12.3. The van der Waals surface area contributed by atoms with Gasteiger partial charge in [0.1, 0.15) is 11.5 Å². The molecule has 0 fully saturated rings. The van der Waals surface area contributed by atoms with Crippen molar-refractivity contribution in [2.45, 2.75) is 27.2 Å². The highest BCUT2D eigenvalue weighted by atomic mass is 32.1. The summed E-state index contributed by atoms with van der Waals surface area (Å²) in [5.74, 6) is 0.595. The fraction of sp³-hybridized carbons (Fsp3) is 0.294. The monoisotopic (exact) mass is 373 g/mol. The number of anilines is 1. The molecular formula is C17H19N5O3S. The lowest BCUT2D eigenvalue weighted by Crippen LogP contribution is -2.22. The molecule has 26 heavy (non-hydrogen) atoms. The number of nitrogens with one attached hydrogen (secondary N) is 2. The lowest BCUT2D eigenvalue weighted by Gasteiger charge is -2.09. The van der Waals surface area contributed by atoms with Crippen molar-refractivity contribution in [1.29, 1.82) is 0 Å². The summed E-state index contributed by atoms with van der Waals surface area (Å²) in [5.41, 5.74) is 1.69. The molecule has 3 aromatic heterocycles. The summed E-state index contributed by atoms with van der Waals surface area (Å²) < 4.78 is 6.34. The summed E-state index contributed by atoms with van der Waals surface area (Å²) in [7, 11) is 0. The minimum absolute atomic E-state index is 0.217. The number of aromatic amines is 1. The lowest BCUT2D eigenvalue weighted by molar-refractivity contribution is 0.167. The lowest BCUT2D eigenvalue weighted by atomic mass is 10.2. The fourth-order valence-corrected chi connectivity index (χ4v) is 3.24. The molecule has 0 unspecified atom stereocenters. The van der Waals surface area contributed by atoms with Gasteiger partial charge in [0.05, 0.1) is 11.5 Å². The number of hydrogen-bond acceptors (Lipinski definition) is 6. The molecular weight excluding hydrogens is 354 g/mol. The second-order valence-corrected chi connectivity index (χ2v) is 6.40. The standard InChI is InChI=1S/C17H19N5O3S/c1-4-11-10(3)18-16(20-15(11)23)22-14(19-17(24)25-5-2)9-12(21-22)13-7-6-8-26-13/h6-9H,4-5H2,1-3H3,(H,19,24)(H,18,20,23). The van der Waals surface area contributed by atoms with Crippen molar-refractivity contribution < 1.29 is 9.53 Å². The molecule has 8 nitrogen and oxygen atoms in total. The molecule has 136 valence electrons. The number of carbonyl (C=O) groups is 1. The van der Waals surface area contributed by atoms with Crippen molar-refractivity contribution in [2.75, 3.05) is 11.9 Å². The fourth-order valence-electron chi connectivity index (χ4n) is 2.56. The van der Waals surface area contributed by atoms with Crippen molar-refractivity contribution in [1.82, 2.24) is 19.7 Å². The van der Waals surface area contributed by atoms with Gasteiger partial charge < -0.3 is 4.74 Å². The largest absolute Gasteiger partial charge is 0.450 e. The first-order chi connectivity index (χ1) is 12.5. The van der Waals surface area contributed by atoms with E-state index in [1.54, 1.807) is 19.9 Å². The minimum atomic E-state index is -0.601. The topological polar surface area (TPSA) is 102 Å². The Hall–Kier alpha value is -2.94. The predicted octanol–water partition coefficient (Wildman–Crippen LogP) is 3.12. The van der Waals surface area contributed by atoms with Gasteiger partial charge in [0.15, 0.2) is 0 Å². The average molecular weight is 373 g/mol. The normalized spacial score (nSPS) is 10.7. The van der Waals surface area contributed by atoms with E-state index in [9.17, 15) is 9.59 Å². The molecule has 0 atom stereocenters. The first kappa shape index (κ1) is 17.9. The Morgan fingerprint density at radius 2 is 2.23 bits per heavy atom. The molecule has 3 aromatic rings. The molecule has 0 saturated heterocycles. The molecule has 0 saturated carbocycles. The quantitative estimate of drug-likeness (QED) is 0.715. The van der Waals surface area contributed by atoms with Gasteiger partial charge in [-0.1, -0.05) is 13.0 Å². The average Bonchev–Trinajstić information content (AvgIpc) is 3.24. The predicted molar refractivity (Wildman–Crippen MR) is 100 cm³/mol. The number of thiophene rings is 1. The van der Waals surface area contributed by atoms with Crippen LogP contribution in [-0.2, 0) is 11.2 Å². The van der Waals surface area contributed by atoms with Crippen LogP contribution in [0.15, 0.2) is 28.4 Å². The smallest absolute Gasteiger partial charge is 0.412 e. The zero-order valence-electron chi connectivity index (χ0n) is 14.7. The zero-order chi connectivity index (χ0) is 18.7. The zero-order valence-corrected chi connectivity index (χ0v) is 15.5. The molecule has 0 aliphatic rings. The maximum Gasteiger partial charge on any atom is 0.412 e. The Kier molecular flexibility index (Phi) is 5.17. The van der Waals surface area contributed by atoms with Gasteiger partial charge in [0.2, 0.25) is 5.95 Å².